The van der Waals surface area contributed by atoms with E-state index in [-0.39, 0.29) is 5.56 Å². The summed E-state index contributed by atoms with van der Waals surface area (Å²) in [6, 6.07) is 6.59. The quantitative estimate of drug-likeness (QED) is 0.304. The minimum atomic E-state index is -4.32. The molecule has 0 radical (unpaired) electrons. The first kappa shape index (κ1) is 21.3. The minimum absolute atomic E-state index is 0.143. The first-order valence-electron chi connectivity index (χ1n) is 8.75. The van der Waals surface area contributed by atoms with Crippen molar-refractivity contribution in [2.24, 2.45) is 0 Å². The van der Waals surface area contributed by atoms with Crippen molar-refractivity contribution in [1.82, 2.24) is 15.3 Å². The maximum atomic E-state index is 12.6. The van der Waals surface area contributed by atoms with Crippen molar-refractivity contribution < 1.29 is 13.2 Å². The van der Waals surface area contributed by atoms with Crippen LogP contribution in [0.2, 0.25) is 0 Å². The molecule has 0 bridgehead atoms. The lowest BCUT2D eigenvalue weighted by atomic mass is 10.2. The van der Waals surface area contributed by atoms with Crippen LogP contribution < -0.4 is 16.2 Å². The lowest BCUT2D eigenvalue weighted by molar-refractivity contribution is -0.137. The summed E-state index contributed by atoms with van der Waals surface area (Å²) < 4.78 is 37.9. The van der Waals surface area contributed by atoms with E-state index in [0.717, 1.165) is 43.7 Å². The summed E-state index contributed by atoms with van der Waals surface area (Å²) in [7, 11) is 0. The van der Waals surface area contributed by atoms with E-state index in [4.69, 9.17) is 0 Å². The Bertz CT molecular complexity index is 752. The predicted molar refractivity (Wildman–Crippen MR) is 102 cm³/mol. The van der Waals surface area contributed by atoms with Crippen molar-refractivity contribution in [3.05, 3.63) is 52.4 Å². The van der Waals surface area contributed by atoms with Crippen LogP contribution in [0.25, 0.3) is 0 Å². The van der Waals surface area contributed by atoms with Crippen LogP contribution in [-0.2, 0) is 6.18 Å². The molecule has 5 nitrogen and oxygen atoms in total. The fourth-order valence-electron chi connectivity index (χ4n) is 2.35. The third kappa shape index (κ3) is 8.49. The van der Waals surface area contributed by atoms with Gasteiger partial charge in [-0.15, -0.1) is 0 Å². The van der Waals surface area contributed by atoms with Crippen LogP contribution in [0, 0.1) is 0 Å². The number of hydrogen-bond acceptors (Lipinski definition) is 5. The normalized spacial score (nSPS) is 11.5. The first-order chi connectivity index (χ1) is 12.9. The van der Waals surface area contributed by atoms with E-state index >= 15 is 0 Å². The maximum absolute atomic E-state index is 12.6. The van der Waals surface area contributed by atoms with Gasteiger partial charge >= 0.3 is 6.18 Å². The van der Waals surface area contributed by atoms with E-state index in [9.17, 15) is 18.0 Å². The maximum Gasteiger partial charge on any atom is 0.416 e. The second-order valence-electron chi connectivity index (χ2n) is 5.90. The van der Waals surface area contributed by atoms with Gasteiger partial charge in [0.15, 0.2) is 5.16 Å². The number of nitrogens with zero attached hydrogens (tertiary/aromatic N) is 1. The van der Waals surface area contributed by atoms with Gasteiger partial charge in [0.25, 0.3) is 5.56 Å². The molecule has 0 fully saturated rings. The van der Waals surface area contributed by atoms with Crippen molar-refractivity contribution in [3.8, 4) is 0 Å². The van der Waals surface area contributed by atoms with Gasteiger partial charge in [-0.3, -0.25) is 4.79 Å². The number of H-pyrrole nitrogens is 1. The molecule has 1 aromatic carbocycles. The highest BCUT2D eigenvalue weighted by molar-refractivity contribution is 7.99. The number of aromatic amines is 1. The second kappa shape index (κ2) is 11.0. The largest absolute Gasteiger partial charge is 0.416 e. The van der Waals surface area contributed by atoms with E-state index in [2.05, 4.69) is 20.6 Å². The van der Waals surface area contributed by atoms with E-state index in [0.29, 0.717) is 23.9 Å². The summed E-state index contributed by atoms with van der Waals surface area (Å²) >= 11 is 1.53. The fourth-order valence-corrected chi connectivity index (χ4v) is 3.20. The minimum Gasteiger partial charge on any atom is -0.384 e. The van der Waals surface area contributed by atoms with Gasteiger partial charge in [-0.25, -0.2) is 4.98 Å². The van der Waals surface area contributed by atoms with Crippen molar-refractivity contribution in [2.75, 3.05) is 30.7 Å². The van der Waals surface area contributed by atoms with Gasteiger partial charge in [-0.2, -0.15) is 13.2 Å². The summed E-state index contributed by atoms with van der Waals surface area (Å²) in [6.45, 7) is 2.10. The van der Waals surface area contributed by atoms with Crippen LogP contribution in [0.1, 0.15) is 24.8 Å². The smallest absolute Gasteiger partial charge is 0.384 e. The molecule has 27 heavy (non-hydrogen) atoms. The molecule has 0 aliphatic carbocycles. The van der Waals surface area contributed by atoms with Crippen molar-refractivity contribution >= 4 is 17.4 Å². The molecule has 1 aromatic heterocycles. The Morgan fingerprint density at radius 3 is 2.70 bits per heavy atom. The van der Waals surface area contributed by atoms with Crippen LogP contribution in [0.15, 0.2) is 46.5 Å². The highest BCUT2D eigenvalue weighted by Crippen LogP contribution is 2.30. The predicted octanol–water partition coefficient (Wildman–Crippen LogP) is 3.75. The molecule has 0 amide bonds. The number of nitrogens with one attached hydrogen (secondary N) is 3. The van der Waals surface area contributed by atoms with Gasteiger partial charge in [0.1, 0.15) is 0 Å². The molecule has 3 N–H and O–H groups in total. The molecule has 9 heteroatoms. The number of alkyl halides is 3. The number of hydrogen-bond donors (Lipinski definition) is 3. The summed E-state index contributed by atoms with van der Waals surface area (Å²) in [5, 5.41) is 6.89. The fraction of sp³-hybridized carbons (Fsp3) is 0.444. The average molecular weight is 400 g/mol. The zero-order valence-electron chi connectivity index (χ0n) is 14.8. The summed E-state index contributed by atoms with van der Waals surface area (Å²) in [4.78, 5) is 17.9. The number of unbranched alkanes of at least 4 members (excludes halogenated alkanes) is 2. The van der Waals surface area contributed by atoms with Gasteiger partial charge in [0.05, 0.1) is 5.56 Å². The Kier molecular flexibility index (Phi) is 8.66. The number of halogens is 3. The topological polar surface area (TPSA) is 69.8 Å². The molecule has 0 aliphatic heterocycles. The van der Waals surface area contributed by atoms with Gasteiger partial charge in [-0.1, -0.05) is 24.2 Å². The number of aromatic nitrogens is 2. The Morgan fingerprint density at radius 2 is 1.93 bits per heavy atom. The summed E-state index contributed by atoms with van der Waals surface area (Å²) in [6.07, 6.45) is 0.271. The lowest BCUT2D eigenvalue weighted by Gasteiger charge is -2.11. The highest BCUT2D eigenvalue weighted by Gasteiger charge is 2.30. The van der Waals surface area contributed by atoms with Crippen LogP contribution in [-0.4, -0.2) is 35.4 Å². The third-order valence-corrected chi connectivity index (χ3v) is 4.68. The molecular formula is C18H23F3N4OS. The van der Waals surface area contributed by atoms with Gasteiger partial charge < -0.3 is 15.6 Å². The lowest BCUT2D eigenvalue weighted by Crippen LogP contribution is -2.23. The Hall–Kier alpha value is -2.00. The Morgan fingerprint density at radius 1 is 1.07 bits per heavy atom. The number of rotatable bonds is 11. The second-order valence-corrected chi connectivity index (χ2v) is 6.99. The van der Waals surface area contributed by atoms with E-state index in [1.54, 1.807) is 6.07 Å². The number of anilines is 1. The monoisotopic (exact) mass is 400 g/mol. The van der Waals surface area contributed by atoms with Gasteiger partial charge in [0.2, 0.25) is 0 Å². The molecular weight excluding hydrogens is 377 g/mol. The molecule has 2 rings (SSSR count). The average Bonchev–Trinajstić information content (AvgIpc) is 2.63. The van der Waals surface area contributed by atoms with Crippen molar-refractivity contribution in [2.45, 2.75) is 30.6 Å². The van der Waals surface area contributed by atoms with E-state index in [1.165, 1.54) is 30.1 Å². The number of thioether (sulfide) groups is 1. The van der Waals surface area contributed by atoms with Crippen LogP contribution in [0.3, 0.4) is 0 Å². The van der Waals surface area contributed by atoms with Crippen molar-refractivity contribution in [3.63, 3.8) is 0 Å². The van der Waals surface area contributed by atoms with Crippen LogP contribution in [0.4, 0.5) is 18.9 Å². The SMILES string of the molecule is O=c1ccnc(SCCCCCNCCNc2cccc(C(F)(F)F)c2)[nH]1. The summed E-state index contributed by atoms with van der Waals surface area (Å²) in [5.74, 6) is 0.893. The zero-order chi connectivity index (χ0) is 19.5. The third-order valence-electron chi connectivity index (χ3n) is 3.71. The zero-order valence-corrected chi connectivity index (χ0v) is 15.6. The molecule has 0 spiro atoms. The first-order valence-corrected chi connectivity index (χ1v) is 9.74. The molecule has 2 aromatic rings. The van der Waals surface area contributed by atoms with Crippen LogP contribution in [0.5, 0.6) is 0 Å². The highest BCUT2D eigenvalue weighted by atomic mass is 32.2. The van der Waals surface area contributed by atoms with Gasteiger partial charge in [-0.05, 0) is 37.6 Å². The van der Waals surface area contributed by atoms with Crippen molar-refractivity contribution in [1.29, 1.82) is 0 Å². The summed E-state index contributed by atoms with van der Waals surface area (Å²) in [5.41, 5.74) is -0.320. The molecule has 0 aliphatic rings. The van der Waals surface area contributed by atoms with E-state index < -0.39 is 11.7 Å². The molecule has 1 heterocycles. The molecule has 148 valence electrons. The molecule has 0 saturated heterocycles. The van der Waals surface area contributed by atoms with Gasteiger partial charge in [0, 0.05) is 36.8 Å². The molecule has 0 saturated carbocycles. The van der Waals surface area contributed by atoms with E-state index in [1.807, 2.05) is 0 Å². The standard InChI is InChI=1S/C18H23F3N4OS/c19-18(20,21)14-5-4-6-15(13-14)23-11-10-22-8-2-1-3-12-27-17-24-9-7-16(26)25-17/h4-7,9,13,22-23H,1-3,8,10-12H2,(H,24,25,26). The van der Waals surface area contributed by atoms with Crippen LogP contribution >= 0.6 is 11.8 Å². The molecule has 0 atom stereocenters. The number of benzene rings is 1. The Labute approximate surface area is 160 Å². The molecule has 0 unspecified atom stereocenters. The Balaban J connectivity index is 1.49.